The minimum Gasteiger partial charge on any atom is -0.382 e. The van der Waals surface area contributed by atoms with Crippen molar-refractivity contribution in [1.82, 2.24) is 9.97 Å². The molecule has 0 aromatic carbocycles. The third-order valence-corrected chi connectivity index (χ3v) is 2.12. The zero-order valence-corrected chi connectivity index (χ0v) is 8.74. The number of nitrogens with zero attached hydrogens (tertiary/aromatic N) is 1. The van der Waals surface area contributed by atoms with Crippen molar-refractivity contribution in [2.24, 2.45) is 0 Å². The van der Waals surface area contributed by atoms with Gasteiger partial charge in [0.2, 0.25) is 0 Å². The molecule has 4 nitrogen and oxygen atoms in total. The number of fused-ring (bicyclic) bond motifs is 1. The lowest BCUT2D eigenvalue weighted by Gasteiger charge is -2.10. The van der Waals surface area contributed by atoms with Crippen LogP contribution < -0.4 is 5.32 Å². The minimum atomic E-state index is 0.352. The molecular formula is C11H13N3O. The summed E-state index contributed by atoms with van der Waals surface area (Å²) in [4.78, 5) is 17.7. The number of rotatable bonds is 3. The molecule has 0 fully saturated rings. The molecule has 0 bridgehead atoms. The van der Waals surface area contributed by atoms with Crippen LogP contribution in [0.2, 0.25) is 0 Å². The highest BCUT2D eigenvalue weighted by atomic mass is 16.1. The number of pyridine rings is 1. The zero-order valence-electron chi connectivity index (χ0n) is 8.74. The summed E-state index contributed by atoms with van der Waals surface area (Å²) < 4.78 is 0. The number of H-pyrrole nitrogens is 1. The number of anilines is 1. The highest BCUT2D eigenvalue weighted by molar-refractivity contribution is 5.94. The monoisotopic (exact) mass is 203 g/mol. The summed E-state index contributed by atoms with van der Waals surface area (Å²) in [5.41, 5.74) is 2.29. The van der Waals surface area contributed by atoms with E-state index in [9.17, 15) is 4.79 Å². The van der Waals surface area contributed by atoms with Gasteiger partial charge in [0.1, 0.15) is 5.65 Å². The van der Waals surface area contributed by atoms with Gasteiger partial charge in [0, 0.05) is 23.3 Å². The first-order valence-electron chi connectivity index (χ1n) is 4.90. The fourth-order valence-corrected chi connectivity index (χ4v) is 1.55. The van der Waals surface area contributed by atoms with E-state index >= 15 is 0 Å². The number of hydrogen-bond acceptors (Lipinski definition) is 3. The van der Waals surface area contributed by atoms with Crippen LogP contribution in [0.1, 0.15) is 24.3 Å². The number of nitrogens with one attached hydrogen (secondary N) is 2. The summed E-state index contributed by atoms with van der Waals surface area (Å²) in [6.07, 6.45) is 2.51. The van der Waals surface area contributed by atoms with Gasteiger partial charge in [-0.1, -0.05) is 0 Å². The van der Waals surface area contributed by atoms with Crippen molar-refractivity contribution < 1.29 is 4.79 Å². The van der Waals surface area contributed by atoms with Crippen molar-refractivity contribution in [1.29, 1.82) is 0 Å². The number of aromatic nitrogens is 2. The van der Waals surface area contributed by atoms with E-state index in [0.717, 1.165) is 23.0 Å². The Kier molecular flexibility index (Phi) is 2.41. The van der Waals surface area contributed by atoms with Gasteiger partial charge in [0.05, 0.1) is 5.69 Å². The Morgan fingerprint density at radius 1 is 1.53 bits per heavy atom. The molecule has 0 aliphatic carbocycles. The second-order valence-electron chi connectivity index (χ2n) is 3.76. The van der Waals surface area contributed by atoms with Gasteiger partial charge < -0.3 is 10.3 Å². The molecule has 0 unspecified atom stereocenters. The van der Waals surface area contributed by atoms with Crippen LogP contribution in [0.25, 0.3) is 11.0 Å². The summed E-state index contributed by atoms with van der Waals surface area (Å²) in [5.74, 6) is 0. The lowest BCUT2D eigenvalue weighted by molar-refractivity contribution is 0.112. The molecule has 0 spiro atoms. The topological polar surface area (TPSA) is 57.8 Å². The van der Waals surface area contributed by atoms with E-state index in [0.29, 0.717) is 11.7 Å². The van der Waals surface area contributed by atoms with Gasteiger partial charge in [0.15, 0.2) is 6.29 Å². The van der Waals surface area contributed by atoms with Crippen molar-refractivity contribution in [3.05, 3.63) is 24.0 Å². The van der Waals surface area contributed by atoms with Gasteiger partial charge in [-0.15, -0.1) is 0 Å². The van der Waals surface area contributed by atoms with Crippen molar-refractivity contribution in [3.63, 3.8) is 0 Å². The molecule has 0 aliphatic rings. The average molecular weight is 203 g/mol. The van der Waals surface area contributed by atoms with Crippen LogP contribution in [0.5, 0.6) is 0 Å². The Morgan fingerprint density at radius 3 is 3.00 bits per heavy atom. The predicted octanol–water partition coefficient (Wildman–Crippen LogP) is 2.20. The second kappa shape index (κ2) is 3.73. The largest absolute Gasteiger partial charge is 0.382 e. The Hall–Kier alpha value is -1.84. The number of carbonyl (C=O) groups excluding carboxylic acids is 1. The van der Waals surface area contributed by atoms with E-state index in [1.165, 1.54) is 0 Å². The standard InChI is InChI=1S/C11H13N3O/c1-7(2)13-10-3-4-12-11-9(10)5-8(6-15)14-11/h3-7H,1-2H3,(H2,12,13,14). The van der Waals surface area contributed by atoms with Gasteiger partial charge in [-0.25, -0.2) is 4.98 Å². The first-order valence-corrected chi connectivity index (χ1v) is 4.90. The number of aldehydes is 1. The molecule has 2 rings (SSSR count). The van der Waals surface area contributed by atoms with E-state index in [2.05, 4.69) is 29.1 Å². The maximum Gasteiger partial charge on any atom is 0.166 e. The first kappa shape index (κ1) is 9.71. The fraction of sp³-hybridized carbons (Fsp3) is 0.273. The van der Waals surface area contributed by atoms with Crippen molar-refractivity contribution in [2.75, 3.05) is 5.32 Å². The van der Waals surface area contributed by atoms with Gasteiger partial charge in [-0.3, -0.25) is 4.79 Å². The summed E-state index contributed by atoms with van der Waals surface area (Å²) in [6.45, 7) is 4.14. The van der Waals surface area contributed by atoms with Crippen LogP contribution in [0.15, 0.2) is 18.3 Å². The Morgan fingerprint density at radius 2 is 2.33 bits per heavy atom. The van der Waals surface area contributed by atoms with E-state index in [4.69, 9.17) is 0 Å². The molecule has 0 saturated carbocycles. The normalized spacial score (nSPS) is 10.9. The maximum absolute atomic E-state index is 10.6. The third-order valence-electron chi connectivity index (χ3n) is 2.12. The molecule has 0 saturated heterocycles. The molecular weight excluding hydrogens is 190 g/mol. The minimum absolute atomic E-state index is 0.352. The number of carbonyl (C=O) groups is 1. The molecule has 2 aromatic heterocycles. The van der Waals surface area contributed by atoms with Crippen molar-refractivity contribution in [3.8, 4) is 0 Å². The van der Waals surface area contributed by atoms with Crippen LogP contribution in [0, 0.1) is 0 Å². The Bertz CT molecular complexity index is 488. The lowest BCUT2D eigenvalue weighted by Crippen LogP contribution is -2.09. The van der Waals surface area contributed by atoms with Gasteiger partial charge in [-0.2, -0.15) is 0 Å². The first-order chi connectivity index (χ1) is 7.20. The van der Waals surface area contributed by atoms with Crippen LogP contribution >= 0.6 is 0 Å². The smallest absolute Gasteiger partial charge is 0.166 e. The molecule has 2 N–H and O–H groups in total. The Labute approximate surface area is 87.7 Å². The van der Waals surface area contributed by atoms with Crippen LogP contribution in [0.3, 0.4) is 0 Å². The van der Waals surface area contributed by atoms with Gasteiger partial charge >= 0.3 is 0 Å². The Balaban J connectivity index is 2.54. The van der Waals surface area contributed by atoms with Crippen molar-refractivity contribution in [2.45, 2.75) is 19.9 Å². The van der Waals surface area contributed by atoms with Gasteiger partial charge in [-0.05, 0) is 26.0 Å². The van der Waals surface area contributed by atoms with Crippen molar-refractivity contribution >= 4 is 23.0 Å². The molecule has 0 amide bonds. The van der Waals surface area contributed by atoms with Crippen LogP contribution in [-0.2, 0) is 0 Å². The van der Waals surface area contributed by atoms with E-state index in [-0.39, 0.29) is 0 Å². The summed E-state index contributed by atoms with van der Waals surface area (Å²) in [5, 5.41) is 4.26. The van der Waals surface area contributed by atoms with E-state index in [1.54, 1.807) is 12.3 Å². The highest BCUT2D eigenvalue weighted by Crippen LogP contribution is 2.22. The van der Waals surface area contributed by atoms with Gasteiger partial charge in [0.25, 0.3) is 0 Å². The second-order valence-corrected chi connectivity index (χ2v) is 3.76. The lowest BCUT2D eigenvalue weighted by atomic mass is 10.2. The summed E-state index contributed by atoms with van der Waals surface area (Å²) >= 11 is 0. The molecule has 78 valence electrons. The fourth-order valence-electron chi connectivity index (χ4n) is 1.55. The average Bonchev–Trinajstić information content (AvgIpc) is 2.61. The third kappa shape index (κ3) is 1.83. The number of aromatic amines is 1. The quantitative estimate of drug-likeness (QED) is 0.752. The highest BCUT2D eigenvalue weighted by Gasteiger charge is 2.06. The molecule has 2 aromatic rings. The SMILES string of the molecule is CC(C)Nc1ccnc2[nH]c(C=O)cc12. The molecule has 15 heavy (non-hydrogen) atoms. The number of hydrogen-bond donors (Lipinski definition) is 2. The molecule has 0 atom stereocenters. The van der Waals surface area contributed by atoms with Crippen LogP contribution in [0.4, 0.5) is 5.69 Å². The zero-order chi connectivity index (χ0) is 10.8. The summed E-state index contributed by atoms with van der Waals surface area (Å²) in [7, 11) is 0. The molecule has 2 heterocycles. The summed E-state index contributed by atoms with van der Waals surface area (Å²) in [6, 6.07) is 4.07. The van der Waals surface area contributed by atoms with E-state index in [1.807, 2.05) is 6.07 Å². The predicted molar refractivity (Wildman–Crippen MR) is 60.2 cm³/mol. The molecule has 0 aliphatic heterocycles. The van der Waals surface area contributed by atoms with Crippen LogP contribution in [-0.4, -0.2) is 22.3 Å². The molecule has 4 heteroatoms. The van der Waals surface area contributed by atoms with E-state index < -0.39 is 0 Å². The maximum atomic E-state index is 10.6. The molecule has 0 radical (unpaired) electrons.